The second-order valence-corrected chi connectivity index (χ2v) is 7.12. The van der Waals surface area contributed by atoms with Crippen molar-refractivity contribution >= 4 is 10.8 Å². The van der Waals surface area contributed by atoms with Crippen LogP contribution in [0.2, 0.25) is 0 Å². The highest BCUT2D eigenvalue weighted by molar-refractivity contribution is 7.84. The molecule has 0 aromatic carbocycles. The molecule has 1 saturated heterocycles. The van der Waals surface area contributed by atoms with Crippen LogP contribution in [-0.4, -0.2) is 52.8 Å². The Kier molecular flexibility index (Phi) is 4.39. The van der Waals surface area contributed by atoms with Crippen LogP contribution in [0, 0.1) is 5.92 Å². The fourth-order valence-corrected chi connectivity index (χ4v) is 2.89. The van der Waals surface area contributed by atoms with Gasteiger partial charge in [0.25, 0.3) is 0 Å². The minimum atomic E-state index is -0.686. The third-order valence-electron chi connectivity index (χ3n) is 3.79. The van der Waals surface area contributed by atoms with Crippen LogP contribution in [0.4, 0.5) is 0 Å². The molecule has 1 aliphatic heterocycles. The smallest absolute Gasteiger partial charge is 0.0444 e. The van der Waals surface area contributed by atoms with Gasteiger partial charge in [-0.1, -0.05) is 0 Å². The number of nitrogens with one attached hydrogen (secondary N) is 1. The number of hydrogen-bond donors (Lipinski definition) is 1. The van der Waals surface area contributed by atoms with Gasteiger partial charge < -0.3 is 10.2 Å². The summed E-state index contributed by atoms with van der Waals surface area (Å²) in [5.41, 5.74) is 0. The predicted octanol–water partition coefficient (Wildman–Crippen LogP) is 0.827. The lowest BCUT2D eigenvalue weighted by molar-refractivity contribution is 0.261. The highest BCUT2D eigenvalue weighted by Crippen LogP contribution is 2.33. The van der Waals surface area contributed by atoms with E-state index in [-0.39, 0.29) is 0 Å². The van der Waals surface area contributed by atoms with Crippen LogP contribution in [0.25, 0.3) is 0 Å². The van der Waals surface area contributed by atoms with E-state index in [4.69, 9.17) is 0 Å². The van der Waals surface area contributed by atoms with Crippen LogP contribution >= 0.6 is 0 Å². The Morgan fingerprint density at radius 2 is 2.25 bits per heavy atom. The first kappa shape index (κ1) is 12.5. The van der Waals surface area contributed by atoms with Gasteiger partial charge >= 0.3 is 0 Å². The first-order chi connectivity index (χ1) is 7.66. The summed E-state index contributed by atoms with van der Waals surface area (Å²) < 4.78 is 11.4. The highest BCUT2D eigenvalue weighted by Gasteiger charge is 2.33. The maximum absolute atomic E-state index is 11.4. The summed E-state index contributed by atoms with van der Waals surface area (Å²) in [7, 11) is -0.686. The summed E-state index contributed by atoms with van der Waals surface area (Å²) in [5, 5.41) is 3.96. The summed E-state index contributed by atoms with van der Waals surface area (Å²) in [6, 6.07) is 0.694. The fraction of sp³-hybridized carbons (Fsp3) is 1.00. The fourth-order valence-electron chi connectivity index (χ4n) is 2.47. The summed E-state index contributed by atoms with van der Waals surface area (Å²) in [5.74, 6) is 0.919. The zero-order valence-corrected chi connectivity index (χ0v) is 11.3. The number of hydrogen-bond acceptors (Lipinski definition) is 3. The lowest BCUT2D eigenvalue weighted by Crippen LogP contribution is -2.42. The van der Waals surface area contributed by atoms with Gasteiger partial charge in [-0.05, 0) is 45.2 Å². The monoisotopic (exact) mass is 244 g/mol. The number of nitrogens with zero attached hydrogens (tertiary/aromatic N) is 1. The largest absolute Gasteiger partial charge is 0.312 e. The molecule has 3 unspecified atom stereocenters. The van der Waals surface area contributed by atoms with E-state index in [2.05, 4.69) is 17.1 Å². The molecule has 0 amide bonds. The first-order valence-electron chi connectivity index (χ1n) is 6.45. The maximum Gasteiger partial charge on any atom is 0.0444 e. The normalized spacial score (nSPS) is 32.0. The third kappa shape index (κ3) is 3.54. The van der Waals surface area contributed by atoms with Crippen molar-refractivity contribution in [1.82, 2.24) is 10.2 Å². The van der Waals surface area contributed by atoms with Crippen molar-refractivity contribution in [3.63, 3.8) is 0 Å². The molecule has 1 N–H and O–H groups in total. The maximum atomic E-state index is 11.4. The molecular formula is C12H24N2OS. The molecular weight excluding hydrogens is 220 g/mol. The van der Waals surface area contributed by atoms with Gasteiger partial charge in [-0.25, -0.2) is 0 Å². The molecule has 0 aromatic rings. The first-order valence-corrected chi connectivity index (χ1v) is 8.07. The molecule has 2 rings (SSSR count). The van der Waals surface area contributed by atoms with Crippen molar-refractivity contribution in [3.8, 4) is 0 Å². The lowest BCUT2D eigenvalue weighted by atomic mass is 10.2. The van der Waals surface area contributed by atoms with Crippen LogP contribution in [-0.2, 0) is 10.8 Å². The zero-order chi connectivity index (χ0) is 11.5. The summed E-state index contributed by atoms with van der Waals surface area (Å²) in [4.78, 5) is 2.51. The van der Waals surface area contributed by atoms with Crippen LogP contribution in [0.3, 0.4) is 0 Å². The van der Waals surface area contributed by atoms with Gasteiger partial charge in [-0.2, -0.15) is 0 Å². The minimum absolute atomic E-state index is 0.304. The van der Waals surface area contributed by atoms with E-state index in [0.717, 1.165) is 32.1 Å². The molecule has 0 aromatic heterocycles. The number of rotatable bonds is 4. The van der Waals surface area contributed by atoms with E-state index in [1.54, 1.807) is 0 Å². The molecule has 1 heterocycles. The molecule has 1 saturated carbocycles. The van der Waals surface area contributed by atoms with Crippen molar-refractivity contribution < 1.29 is 4.21 Å². The van der Waals surface area contributed by atoms with E-state index in [9.17, 15) is 4.21 Å². The molecule has 0 bridgehead atoms. The molecule has 0 radical (unpaired) electrons. The molecule has 3 atom stereocenters. The van der Waals surface area contributed by atoms with E-state index >= 15 is 0 Å². The quantitative estimate of drug-likeness (QED) is 0.795. The Hall–Kier alpha value is 0.0700. The van der Waals surface area contributed by atoms with Crippen LogP contribution in [0.1, 0.15) is 26.2 Å². The van der Waals surface area contributed by atoms with Crippen molar-refractivity contribution in [1.29, 1.82) is 0 Å². The molecule has 16 heavy (non-hydrogen) atoms. The molecule has 1 aliphatic carbocycles. The van der Waals surface area contributed by atoms with Gasteiger partial charge in [0.05, 0.1) is 0 Å². The Bertz CT molecular complexity index is 255. The summed E-state index contributed by atoms with van der Waals surface area (Å²) >= 11 is 0. The van der Waals surface area contributed by atoms with E-state index < -0.39 is 10.8 Å². The van der Waals surface area contributed by atoms with Gasteiger partial charge in [-0.3, -0.25) is 4.21 Å². The predicted molar refractivity (Wildman–Crippen MR) is 69.1 cm³/mol. The second-order valence-electron chi connectivity index (χ2n) is 5.32. The van der Waals surface area contributed by atoms with Gasteiger partial charge in [-0.15, -0.1) is 0 Å². The molecule has 2 fully saturated rings. The zero-order valence-electron chi connectivity index (χ0n) is 10.4. The SMILES string of the molecule is CC(CN1CCCNC(C2CC2)C1)S(C)=O. The van der Waals surface area contributed by atoms with Crippen LogP contribution < -0.4 is 5.32 Å². The molecule has 2 aliphatic rings. The Balaban J connectivity index is 1.84. The molecule has 0 spiro atoms. The van der Waals surface area contributed by atoms with E-state index in [1.165, 1.54) is 19.3 Å². The Labute approximate surface area is 101 Å². The van der Waals surface area contributed by atoms with Crippen molar-refractivity contribution in [2.24, 2.45) is 5.92 Å². The Morgan fingerprint density at radius 1 is 1.50 bits per heavy atom. The van der Waals surface area contributed by atoms with E-state index in [1.807, 2.05) is 6.26 Å². The third-order valence-corrected chi connectivity index (χ3v) is 5.07. The average Bonchev–Trinajstić information content (AvgIpc) is 3.03. The molecule has 94 valence electrons. The van der Waals surface area contributed by atoms with Gasteiger partial charge in [0.15, 0.2) is 0 Å². The van der Waals surface area contributed by atoms with Crippen molar-refractivity contribution in [2.75, 3.05) is 32.4 Å². The summed E-state index contributed by atoms with van der Waals surface area (Å²) in [6.07, 6.45) is 5.85. The minimum Gasteiger partial charge on any atom is -0.312 e. The van der Waals surface area contributed by atoms with Gasteiger partial charge in [0, 0.05) is 41.4 Å². The van der Waals surface area contributed by atoms with Crippen LogP contribution in [0.15, 0.2) is 0 Å². The lowest BCUT2D eigenvalue weighted by Gasteiger charge is -2.26. The van der Waals surface area contributed by atoms with Gasteiger partial charge in [0.2, 0.25) is 0 Å². The second kappa shape index (κ2) is 5.61. The van der Waals surface area contributed by atoms with Gasteiger partial charge in [0.1, 0.15) is 0 Å². The van der Waals surface area contributed by atoms with E-state index in [0.29, 0.717) is 11.3 Å². The summed E-state index contributed by atoms with van der Waals surface area (Å²) in [6.45, 7) is 6.57. The van der Waals surface area contributed by atoms with Crippen LogP contribution in [0.5, 0.6) is 0 Å². The Morgan fingerprint density at radius 3 is 2.88 bits per heavy atom. The topological polar surface area (TPSA) is 32.3 Å². The van der Waals surface area contributed by atoms with Crippen molar-refractivity contribution in [3.05, 3.63) is 0 Å². The highest BCUT2D eigenvalue weighted by atomic mass is 32.2. The molecule has 4 heteroatoms. The molecule has 3 nitrogen and oxygen atoms in total. The standard InChI is InChI=1S/C12H24N2OS/c1-10(16(2)15)8-14-7-3-6-13-12(9-14)11-4-5-11/h10-13H,3-9H2,1-2H3. The average molecular weight is 244 g/mol. The van der Waals surface area contributed by atoms with Crippen molar-refractivity contribution in [2.45, 2.75) is 37.5 Å².